The molecule has 0 bridgehead atoms. The number of sulfonamides is 1. The Labute approximate surface area is 133 Å². The van der Waals surface area contributed by atoms with Gasteiger partial charge in [-0.3, -0.25) is 0 Å². The van der Waals surface area contributed by atoms with Gasteiger partial charge in [0.2, 0.25) is 10.0 Å². The molecule has 0 spiro atoms. The van der Waals surface area contributed by atoms with Gasteiger partial charge in [0.05, 0.1) is 0 Å². The third kappa shape index (κ3) is 4.57. The molecule has 2 rings (SSSR count). The van der Waals surface area contributed by atoms with Gasteiger partial charge in [-0.1, -0.05) is 30.3 Å². The van der Waals surface area contributed by atoms with Crippen LogP contribution in [0.25, 0.3) is 0 Å². The van der Waals surface area contributed by atoms with E-state index >= 15 is 0 Å². The molecule has 7 heteroatoms. The molecule has 1 unspecified atom stereocenters. The summed E-state index contributed by atoms with van der Waals surface area (Å²) in [5, 5.41) is 8.97. The second-order valence-electron chi connectivity index (χ2n) is 5.03. The lowest BCUT2D eigenvalue weighted by atomic mass is 10.0. The highest BCUT2D eigenvalue weighted by Gasteiger charge is 2.24. The summed E-state index contributed by atoms with van der Waals surface area (Å²) in [6.07, 6.45) is 0.699. The van der Waals surface area contributed by atoms with Crippen molar-refractivity contribution >= 4 is 10.0 Å². The molecule has 0 aliphatic rings. The Morgan fingerprint density at radius 1 is 1.09 bits per heavy atom. The van der Waals surface area contributed by atoms with E-state index in [0.717, 1.165) is 12.1 Å². The van der Waals surface area contributed by atoms with Gasteiger partial charge in [0.15, 0.2) is 0 Å². The molecule has 2 aromatic rings. The zero-order valence-electron chi connectivity index (χ0n) is 12.2. The predicted molar refractivity (Wildman–Crippen MR) is 82.2 cm³/mol. The number of rotatable bonds is 7. The fourth-order valence-corrected chi connectivity index (χ4v) is 3.56. The maximum absolute atomic E-state index is 13.7. The summed E-state index contributed by atoms with van der Waals surface area (Å²) >= 11 is 0. The molecule has 0 saturated heterocycles. The number of aliphatic hydroxyl groups excluding tert-OH is 1. The first-order chi connectivity index (χ1) is 10.9. The predicted octanol–water partition coefficient (Wildman–Crippen LogP) is 2.76. The first kappa shape index (κ1) is 17.5. The highest BCUT2D eigenvalue weighted by molar-refractivity contribution is 7.89. The number of hydrogen-bond acceptors (Lipinski definition) is 3. The van der Waals surface area contributed by atoms with Crippen LogP contribution >= 0.6 is 0 Å². The summed E-state index contributed by atoms with van der Waals surface area (Å²) in [5.74, 6) is -1.86. The number of nitrogens with one attached hydrogen (secondary N) is 1. The molecular formula is C16H17F2NO3S. The minimum Gasteiger partial charge on any atom is -0.396 e. The molecule has 0 aliphatic carbocycles. The molecule has 0 fully saturated rings. The summed E-state index contributed by atoms with van der Waals surface area (Å²) in [5.41, 5.74) is 0.682. The topological polar surface area (TPSA) is 66.4 Å². The van der Waals surface area contributed by atoms with Gasteiger partial charge in [0.25, 0.3) is 0 Å². The Balaban J connectivity index is 2.32. The smallest absolute Gasteiger partial charge is 0.244 e. The minimum atomic E-state index is -4.24. The average Bonchev–Trinajstić information content (AvgIpc) is 2.54. The Kier molecular flexibility index (Phi) is 5.81. The van der Waals surface area contributed by atoms with Crippen LogP contribution in [0.15, 0.2) is 53.4 Å². The molecule has 0 aromatic heterocycles. The van der Waals surface area contributed by atoms with Crippen molar-refractivity contribution in [2.24, 2.45) is 0 Å². The summed E-state index contributed by atoms with van der Waals surface area (Å²) in [6.45, 7) is -0.0978. The Morgan fingerprint density at radius 2 is 1.78 bits per heavy atom. The van der Waals surface area contributed by atoms with Crippen molar-refractivity contribution in [2.45, 2.75) is 23.8 Å². The van der Waals surface area contributed by atoms with E-state index in [2.05, 4.69) is 4.72 Å². The Bertz CT molecular complexity index is 751. The minimum absolute atomic E-state index is 0.0978. The van der Waals surface area contributed by atoms with Crippen molar-refractivity contribution in [3.63, 3.8) is 0 Å². The van der Waals surface area contributed by atoms with Crippen molar-refractivity contribution in [1.29, 1.82) is 0 Å². The molecule has 2 aromatic carbocycles. The molecule has 4 nitrogen and oxygen atoms in total. The number of aliphatic hydroxyl groups is 1. The summed E-state index contributed by atoms with van der Waals surface area (Å²) in [7, 11) is -4.24. The third-order valence-corrected chi connectivity index (χ3v) is 4.82. The molecule has 0 amide bonds. The van der Waals surface area contributed by atoms with Crippen LogP contribution in [0.4, 0.5) is 8.78 Å². The lowest BCUT2D eigenvalue weighted by Gasteiger charge is -2.19. The van der Waals surface area contributed by atoms with Crippen molar-refractivity contribution in [3.05, 3.63) is 65.7 Å². The second-order valence-corrected chi connectivity index (χ2v) is 6.71. The van der Waals surface area contributed by atoms with Gasteiger partial charge in [0.1, 0.15) is 16.5 Å². The lowest BCUT2D eigenvalue weighted by Crippen LogP contribution is -2.29. The van der Waals surface area contributed by atoms with Crippen LogP contribution in [0, 0.1) is 11.6 Å². The quantitative estimate of drug-likeness (QED) is 0.814. The van der Waals surface area contributed by atoms with E-state index in [-0.39, 0.29) is 6.61 Å². The second kappa shape index (κ2) is 7.63. The van der Waals surface area contributed by atoms with Crippen LogP contribution in [-0.4, -0.2) is 20.1 Å². The van der Waals surface area contributed by atoms with E-state index in [4.69, 9.17) is 5.11 Å². The van der Waals surface area contributed by atoms with Crippen LogP contribution in [-0.2, 0) is 10.0 Å². The van der Waals surface area contributed by atoms with E-state index in [1.807, 2.05) is 0 Å². The molecular weight excluding hydrogens is 324 g/mol. The maximum Gasteiger partial charge on any atom is 0.244 e. The van der Waals surface area contributed by atoms with Crippen molar-refractivity contribution in [1.82, 2.24) is 4.72 Å². The zero-order valence-corrected chi connectivity index (χ0v) is 13.1. The van der Waals surface area contributed by atoms with Gasteiger partial charge in [-0.25, -0.2) is 21.9 Å². The van der Waals surface area contributed by atoms with Gasteiger partial charge < -0.3 is 5.11 Å². The van der Waals surface area contributed by atoms with E-state index in [1.165, 1.54) is 0 Å². The van der Waals surface area contributed by atoms with Gasteiger partial charge in [-0.2, -0.15) is 0 Å². The SMILES string of the molecule is O=S(=O)(NC(CCCO)c1ccccc1)c1cc(F)ccc1F. The van der Waals surface area contributed by atoms with Gasteiger partial charge in [0, 0.05) is 12.6 Å². The summed E-state index contributed by atoms with van der Waals surface area (Å²) in [6, 6.07) is 10.4. The molecule has 0 aliphatic heterocycles. The number of benzene rings is 2. The maximum atomic E-state index is 13.7. The molecule has 23 heavy (non-hydrogen) atoms. The van der Waals surface area contributed by atoms with Gasteiger partial charge in [-0.05, 0) is 36.6 Å². The van der Waals surface area contributed by atoms with E-state index in [9.17, 15) is 17.2 Å². The van der Waals surface area contributed by atoms with Crippen LogP contribution in [0.5, 0.6) is 0 Å². The van der Waals surface area contributed by atoms with Gasteiger partial charge in [-0.15, -0.1) is 0 Å². The van der Waals surface area contributed by atoms with Gasteiger partial charge >= 0.3 is 0 Å². The average molecular weight is 341 g/mol. The molecule has 0 saturated carbocycles. The molecule has 0 heterocycles. The van der Waals surface area contributed by atoms with Crippen LogP contribution in [0.3, 0.4) is 0 Å². The Hall–Kier alpha value is -1.83. The zero-order chi connectivity index (χ0) is 16.9. The van der Waals surface area contributed by atoms with Crippen LogP contribution in [0.1, 0.15) is 24.4 Å². The van der Waals surface area contributed by atoms with Crippen molar-refractivity contribution in [2.75, 3.05) is 6.61 Å². The molecule has 2 N–H and O–H groups in total. The number of halogens is 2. The molecule has 1 atom stereocenters. The largest absolute Gasteiger partial charge is 0.396 e. The van der Waals surface area contributed by atoms with Crippen molar-refractivity contribution < 1.29 is 22.3 Å². The fourth-order valence-electron chi connectivity index (χ4n) is 2.21. The van der Waals surface area contributed by atoms with E-state index < -0.39 is 32.6 Å². The highest BCUT2D eigenvalue weighted by atomic mass is 32.2. The molecule has 124 valence electrons. The third-order valence-electron chi connectivity index (χ3n) is 3.33. The van der Waals surface area contributed by atoms with E-state index in [0.29, 0.717) is 24.5 Å². The van der Waals surface area contributed by atoms with Crippen molar-refractivity contribution in [3.8, 4) is 0 Å². The summed E-state index contributed by atoms with van der Waals surface area (Å²) in [4.78, 5) is -0.734. The van der Waals surface area contributed by atoms with Crippen LogP contribution in [0.2, 0.25) is 0 Å². The normalized spacial score (nSPS) is 13.0. The Morgan fingerprint density at radius 3 is 2.43 bits per heavy atom. The first-order valence-corrected chi connectivity index (χ1v) is 8.55. The highest BCUT2D eigenvalue weighted by Crippen LogP contribution is 2.23. The number of hydrogen-bond donors (Lipinski definition) is 2. The summed E-state index contributed by atoms with van der Waals surface area (Å²) < 4.78 is 54.1. The van der Waals surface area contributed by atoms with Crippen LogP contribution < -0.4 is 4.72 Å². The lowest BCUT2D eigenvalue weighted by molar-refractivity contribution is 0.278. The van der Waals surface area contributed by atoms with E-state index in [1.54, 1.807) is 30.3 Å². The standard InChI is InChI=1S/C16H17F2NO3S/c17-13-8-9-14(18)16(11-13)23(21,22)19-15(7-4-10-20)12-5-2-1-3-6-12/h1-3,5-6,8-9,11,15,19-20H,4,7,10H2. The fraction of sp³-hybridized carbons (Fsp3) is 0.250. The monoisotopic (exact) mass is 341 g/mol. The molecule has 0 radical (unpaired) electrons. The first-order valence-electron chi connectivity index (χ1n) is 7.07.